The highest BCUT2D eigenvalue weighted by Crippen LogP contribution is 2.12. The molecule has 0 radical (unpaired) electrons. The maximum Gasteiger partial charge on any atom is 0.268 e. The molecule has 0 aliphatic rings. The van der Waals surface area contributed by atoms with E-state index >= 15 is 0 Å². The van der Waals surface area contributed by atoms with E-state index in [9.17, 15) is 9.90 Å². The summed E-state index contributed by atoms with van der Waals surface area (Å²) in [6.07, 6.45) is 1.64. The second kappa shape index (κ2) is 4.77. The van der Waals surface area contributed by atoms with Crippen LogP contribution >= 0.6 is 22.6 Å². The van der Waals surface area contributed by atoms with Gasteiger partial charge in [0.15, 0.2) is 0 Å². The number of H-pyrrole nitrogens is 1. The van der Waals surface area contributed by atoms with Crippen LogP contribution in [0.25, 0.3) is 0 Å². The Labute approximate surface area is 95.9 Å². The van der Waals surface area contributed by atoms with Gasteiger partial charge in [-0.05, 0) is 34.9 Å². The standard InChI is InChI=1S/C9H13IN2O2/c1-5(2)3-4-6-11-8(13)7(10)9(14)12-6/h5H,3-4H2,1-2H3,(H2,11,12,13,14). The lowest BCUT2D eigenvalue weighted by Gasteiger charge is -2.04. The van der Waals surface area contributed by atoms with Crippen LogP contribution in [0.3, 0.4) is 0 Å². The first kappa shape index (κ1) is 11.5. The van der Waals surface area contributed by atoms with Gasteiger partial charge in [-0.25, -0.2) is 0 Å². The molecule has 2 N–H and O–H groups in total. The molecule has 0 aromatic carbocycles. The molecule has 0 bridgehead atoms. The van der Waals surface area contributed by atoms with E-state index in [2.05, 4.69) is 23.8 Å². The Morgan fingerprint density at radius 3 is 2.71 bits per heavy atom. The zero-order chi connectivity index (χ0) is 10.7. The molecule has 0 aliphatic heterocycles. The molecule has 0 amide bonds. The van der Waals surface area contributed by atoms with Gasteiger partial charge in [-0.15, -0.1) is 0 Å². The Morgan fingerprint density at radius 2 is 2.21 bits per heavy atom. The van der Waals surface area contributed by atoms with Gasteiger partial charge in [0.25, 0.3) is 5.56 Å². The number of aryl methyl sites for hydroxylation is 1. The number of aromatic nitrogens is 2. The van der Waals surface area contributed by atoms with Crippen molar-refractivity contribution in [3.8, 4) is 5.88 Å². The Kier molecular flexibility index (Phi) is 3.91. The maximum absolute atomic E-state index is 11.2. The van der Waals surface area contributed by atoms with E-state index < -0.39 is 0 Å². The minimum absolute atomic E-state index is 0.173. The molecule has 1 heterocycles. The molecule has 4 nitrogen and oxygen atoms in total. The third-order valence-electron chi connectivity index (χ3n) is 1.85. The first-order valence-corrected chi connectivity index (χ1v) is 5.56. The van der Waals surface area contributed by atoms with Crippen molar-refractivity contribution >= 4 is 22.6 Å². The minimum atomic E-state index is -0.267. The molecular weight excluding hydrogens is 295 g/mol. The van der Waals surface area contributed by atoms with Crippen molar-refractivity contribution in [3.05, 3.63) is 19.7 Å². The van der Waals surface area contributed by atoms with Crippen molar-refractivity contribution in [3.63, 3.8) is 0 Å². The Hall–Kier alpha value is -0.590. The summed E-state index contributed by atoms with van der Waals surface area (Å²) in [6, 6.07) is 0. The van der Waals surface area contributed by atoms with Crippen LogP contribution in [0.15, 0.2) is 4.79 Å². The summed E-state index contributed by atoms with van der Waals surface area (Å²) in [5.41, 5.74) is -0.267. The normalized spacial score (nSPS) is 10.9. The van der Waals surface area contributed by atoms with E-state index in [4.69, 9.17) is 0 Å². The van der Waals surface area contributed by atoms with Gasteiger partial charge < -0.3 is 10.1 Å². The third-order valence-corrected chi connectivity index (χ3v) is 2.83. The summed E-state index contributed by atoms with van der Waals surface area (Å²) in [5, 5.41) is 9.31. The maximum atomic E-state index is 11.2. The van der Waals surface area contributed by atoms with Crippen molar-refractivity contribution in [2.45, 2.75) is 26.7 Å². The third kappa shape index (κ3) is 2.97. The van der Waals surface area contributed by atoms with Crippen molar-refractivity contribution in [1.82, 2.24) is 9.97 Å². The first-order chi connectivity index (χ1) is 6.50. The summed E-state index contributed by atoms with van der Waals surface area (Å²) >= 11 is 1.77. The Balaban J connectivity index is 2.85. The SMILES string of the molecule is CC(C)CCc1nc(O)c(I)c(=O)[nH]1. The lowest BCUT2D eigenvalue weighted by atomic mass is 10.1. The van der Waals surface area contributed by atoms with Crippen molar-refractivity contribution < 1.29 is 5.11 Å². The number of nitrogens with one attached hydrogen (secondary N) is 1. The molecule has 0 aliphatic carbocycles. The highest BCUT2D eigenvalue weighted by molar-refractivity contribution is 14.1. The minimum Gasteiger partial charge on any atom is -0.492 e. The topological polar surface area (TPSA) is 66.0 Å². The van der Waals surface area contributed by atoms with Crippen molar-refractivity contribution in [2.75, 3.05) is 0 Å². The molecule has 0 saturated heterocycles. The number of rotatable bonds is 3. The molecule has 5 heteroatoms. The molecule has 78 valence electrons. The van der Waals surface area contributed by atoms with Crippen LogP contribution in [0.4, 0.5) is 0 Å². The molecule has 0 atom stereocenters. The number of hydrogen-bond acceptors (Lipinski definition) is 3. The van der Waals surface area contributed by atoms with Crippen LogP contribution in [-0.2, 0) is 6.42 Å². The predicted octanol–water partition coefficient (Wildman–Crippen LogP) is 1.67. The molecular formula is C9H13IN2O2. The lowest BCUT2D eigenvalue weighted by Crippen LogP contribution is -2.14. The summed E-state index contributed by atoms with van der Waals surface area (Å²) < 4.78 is 0.246. The molecule has 1 aromatic heterocycles. The Bertz CT molecular complexity index is 374. The lowest BCUT2D eigenvalue weighted by molar-refractivity contribution is 0.441. The number of nitrogens with zero attached hydrogens (tertiary/aromatic N) is 1. The van der Waals surface area contributed by atoms with Crippen molar-refractivity contribution in [2.24, 2.45) is 5.92 Å². The number of hydrogen-bond donors (Lipinski definition) is 2. The molecule has 1 rings (SSSR count). The summed E-state index contributed by atoms with van der Waals surface area (Å²) in [7, 11) is 0. The van der Waals surface area contributed by atoms with E-state index in [0.717, 1.165) is 6.42 Å². The fourth-order valence-electron chi connectivity index (χ4n) is 1.04. The summed E-state index contributed by atoms with van der Waals surface area (Å²) in [5.74, 6) is 0.941. The zero-order valence-corrected chi connectivity index (χ0v) is 10.3. The van der Waals surface area contributed by atoms with E-state index in [0.29, 0.717) is 18.2 Å². The largest absolute Gasteiger partial charge is 0.492 e. The fourth-order valence-corrected chi connectivity index (χ4v) is 1.29. The van der Waals surface area contributed by atoms with Crippen LogP contribution in [0.1, 0.15) is 26.1 Å². The van der Waals surface area contributed by atoms with Gasteiger partial charge in [0.05, 0.1) is 0 Å². The predicted molar refractivity (Wildman–Crippen MR) is 62.4 cm³/mol. The molecule has 0 fully saturated rings. The summed E-state index contributed by atoms with van der Waals surface area (Å²) in [4.78, 5) is 17.8. The fraction of sp³-hybridized carbons (Fsp3) is 0.556. The first-order valence-electron chi connectivity index (χ1n) is 4.48. The van der Waals surface area contributed by atoms with E-state index in [-0.39, 0.29) is 15.0 Å². The van der Waals surface area contributed by atoms with Crippen LogP contribution in [0.2, 0.25) is 0 Å². The summed E-state index contributed by atoms with van der Waals surface area (Å²) in [6.45, 7) is 4.20. The monoisotopic (exact) mass is 308 g/mol. The smallest absolute Gasteiger partial charge is 0.268 e. The van der Waals surface area contributed by atoms with Gasteiger partial charge in [0.2, 0.25) is 5.88 Å². The van der Waals surface area contributed by atoms with Gasteiger partial charge in [-0.3, -0.25) is 4.79 Å². The molecule has 0 saturated carbocycles. The highest BCUT2D eigenvalue weighted by atomic mass is 127. The second-order valence-electron chi connectivity index (χ2n) is 3.58. The highest BCUT2D eigenvalue weighted by Gasteiger charge is 2.07. The van der Waals surface area contributed by atoms with Crippen molar-refractivity contribution in [1.29, 1.82) is 0 Å². The second-order valence-corrected chi connectivity index (χ2v) is 4.66. The molecule has 0 spiro atoms. The molecule has 0 unspecified atom stereocenters. The number of aromatic amines is 1. The van der Waals surface area contributed by atoms with E-state index in [1.54, 1.807) is 22.6 Å². The molecule has 14 heavy (non-hydrogen) atoms. The number of aromatic hydroxyl groups is 1. The van der Waals surface area contributed by atoms with E-state index in [1.165, 1.54) is 0 Å². The van der Waals surface area contributed by atoms with Crippen LogP contribution in [0.5, 0.6) is 5.88 Å². The number of halogens is 1. The molecule has 1 aromatic rings. The van der Waals surface area contributed by atoms with Gasteiger partial charge in [0, 0.05) is 6.42 Å². The van der Waals surface area contributed by atoms with Gasteiger partial charge >= 0.3 is 0 Å². The zero-order valence-electron chi connectivity index (χ0n) is 8.17. The van der Waals surface area contributed by atoms with Crippen LogP contribution < -0.4 is 5.56 Å². The van der Waals surface area contributed by atoms with Gasteiger partial charge in [-0.2, -0.15) is 4.98 Å². The quantitative estimate of drug-likeness (QED) is 0.835. The Morgan fingerprint density at radius 1 is 1.57 bits per heavy atom. The van der Waals surface area contributed by atoms with Crippen LogP contribution in [0, 0.1) is 9.49 Å². The average Bonchev–Trinajstić information content (AvgIpc) is 2.10. The van der Waals surface area contributed by atoms with Crippen LogP contribution in [-0.4, -0.2) is 15.1 Å². The van der Waals surface area contributed by atoms with Gasteiger partial charge in [-0.1, -0.05) is 13.8 Å². The van der Waals surface area contributed by atoms with Gasteiger partial charge in [0.1, 0.15) is 9.39 Å². The average molecular weight is 308 g/mol. The van der Waals surface area contributed by atoms with E-state index in [1.807, 2.05) is 0 Å².